The molecule has 126 valence electrons. The zero-order chi connectivity index (χ0) is 17.5. The maximum Gasteiger partial charge on any atom is 0.308 e. The molecule has 3 rings (SSSR count). The smallest absolute Gasteiger partial charge is 0.308 e. The van der Waals surface area contributed by atoms with Gasteiger partial charge in [0, 0.05) is 30.5 Å². The van der Waals surface area contributed by atoms with Crippen LogP contribution in [-0.4, -0.2) is 29.1 Å². The van der Waals surface area contributed by atoms with Gasteiger partial charge in [-0.1, -0.05) is 29.8 Å². The summed E-state index contributed by atoms with van der Waals surface area (Å²) in [4.78, 5) is 37.7. The van der Waals surface area contributed by atoms with Crippen molar-refractivity contribution in [3.05, 3.63) is 46.5 Å². The van der Waals surface area contributed by atoms with Gasteiger partial charge in [0.05, 0.1) is 0 Å². The first-order valence-corrected chi connectivity index (χ1v) is 7.94. The van der Waals surface area contributed by atoms with Crippen molar-refractivity contribution < 1.29 is 23.9 Å². The Labute approximate surface area is 144 Å². The van der Waals surface area contributed by atoms with Crippen LogP contribution in [0.5, 0.6) is 0 Å². The zero-order valence-corrected chi connectivity index (χ0v) is 14.1. The van der Waals surface area contributed by atoms with Crippen LogP contribution in [0.1, 0.15) is 32.3 Å². The molecule has 0 spiro atoms. The summed E-state index contributed by atoms with van der Waals surface area (Å²) in [5, 5.41) is 0.351. The Kier molecular flexibility index (Phi) is 4.09. The summed E-state index contributed by atoms with van der Waals surface area (Å²) in [5.41, 5.74) is -1.01. The molecule has 1 aromatic rings. The molecule has 2 aliphatic rings. The lowest BCUT2D eigenvalue weighted by Gasteiger charge is -2.26. The number of esters is 1. The summed E-state index contributed by atoms with van der Waals surface area (Å²) in [7, 11) is 0. The van der Waals surface area contributed by atoms with E-state index >= 15 is 0 Å². The second kappa shape index (κ2) is 5.94. The van der Waals surface area contributed by atoms with E-state index in [0.717, 1.165) is 0 Å². The van der Waals surface area contributed by atoms with Gasteiger partial charge >= 0.3 is 5.97 Å². The van der Waals surface area contributed by atoms with Crippen molar-refractivity contribution >= 4 is 29.3 Å². The number of ketones is 1. The zero-order valence-electron chi connectivity index (χ0n) is 13.3. The molecule has 0 saturated carbocycles. The van der Waals surface area contributed by atoms with Gasteiger partial charge in [0.1, 0.15) is 0 Å². The van der Waals surface area contributed by atoms with E-state index in [0.29, 0.717) is 30.0 Å². The molecule has 0 radical (unpaired) electrons. The molecule has 1 saturated heterocycles. The van der Waals surface area contributed by atoms with Crippen LogP contribution in [0.4, 0.5) is 0 Å². The van der Waals surface area contributed by atoms with Gasteiger partial charge in [-0.05, 0) is 19.4 Å². The topological polar surface area (TPSA) is 72.9 Å². The number of benzene rings is 1. The first kappa shape index (κ1) is 16.5. The van der Waals surface area contributed by atoms with Crippen molar-refractivity contribution in [3.63, 3.8) is 0 Å². The highest BCUT2D eigenvalue weighted by molar-refractivity contribution is 6.32. The van der Waals surface area contributed by atoms with Crippen LogP contribution >= 0.6 is 11.6 Å². The minimum Gasteiger partial charge on any atom is -0.456 e. The van der Waals surface area contributed by atoms with Crippen LogP contribution in [0.2, 0.25) is 5.02 Å². The van der Waals surface area contributed by atoms with E-state index < -0.39 is 17.4 Å². The second-order valence-electron chi connectivity index (χ2n) is 5.82. The van der Waals surface area contributed by atoms with Gasteiger partial charge < -0.3 is 9.47 Å². The van der Waals surface area contributed by atoms with Crippen LogP contribution in [0, 0.1) is 0 Å². The average molecular weight is 350 g/mol. The minimum atomic E-state index is -1.46. The minimum absolute atomic E-state index is 0.0138. The number of hydrogen-bond donors (Lipinski definition) is 0. The molecule has 24 heavy (non-hydrogen) atoms. The van der Waals surface area contributed by atoms with Crippen molar-refractivity contribution in [1.29, 1.82) is 0 Å². The van der Waals surface area contributed by atoms with Crippen LogP contribution in [-0.2, 0) is 29.5 Å². The third-order valence-electron chi connectivity index (χ3n) is 4.09. The van der Waals surface area contributed by atoms with Crippen molar-refractivity contribution in [2.75, 3.05) is 6.54 Å². The summed E-state index contributed by atoms with van der Waals surface area (Å²) in [6.07, 6.45) is 1.01. The number of likely N-dealkylation sites (tertiary alicyclic amines) is 1. The van der Waals surface area contributed by atoms with Crippen LogP contribution < -0.4 is 0 Å². The molecule has 1 unspecified atom stereocenters. The van der Waals surface area contributed by atoms with E-state index in [4.69, 9.17) is 21.1 Å². The molecule has 1 aromatic carbocycles. The molecule has 1 fully saturated rings. The lowest BCUT2D eigenvalue weighted by molar-refractivity contribution is -0.142. The molecule has 0 bridgehead atoms. The Bertz CT molecular complexity index is 772. The van der Waals surface area contributed by atoms with Crippen molar-refractivity contribution in [2.45, 2.75) is 32.3 Å². The van der Waals surface area contributed by atoms with Gasteiger partial charge in [-0.3, -0.25) is 19.3 Å². The quantitative estimate of drug-likeness (QED) is 0.784. The van der Waals surface area contributed by atoms with Crippen molar-refractivity contribution in [3.8, 4) is 0 Å². The molecule has 0 aromatic heterocycles. The first-order valence-electron chi connectivity index (χ1n) is 7.56. The number of amides is 1. The summed E-state index contributed by atoms with van der Waals surface area (Å²) in [5.74, 6) is -1.64. The molecule has 0 aliphatic carbocycles. The Morgan fingerprint density at radius 3 is 2.62 bits per heavy atom. The van der Waals surface area contributed by atoms with Crippen molar-refractivity contribution in [1.82, 2.24) is 4.90 Å². The Balaban J connectivity index is 2.07. The molecular formula is C17H16ClNO5. The third-order valence-corrected chi connectivity index (χ3v) is 4.42. The predicted molar refractivity (Wildman–Crippen MR) is 84.6 cm³/mol. The highest BCUT2D eigenvalue weighted by Crippen LogP contribution is 2.43. The highest BCUT2D eigenvalue weighted by atomic mass is 35.5. The SMILES string of the molecule is CC(=O)OC1=C(N2CCCC2=O)OC(C)(c2ccccc2Cl)C1=O. The number of rotatable bonds is 3. The fourth-order valence-corrected chi connectivity index (χ4v) is 3.22. The maximum absolute atomic E-state index is 12.9. The Hall–Kier alpha value is -2.34. The van der Waals surface area contributed by atoms with E-state index in [1.807, 2.05) is 0 Å². The summed E-state index contributed by atoms with van der Waals surface area (Å²) in [6, 6.07) is 6.77. The Morgan fingerprint density at radius 1 is 1.33 bits per heavy atom. The third kappa shape index (κ3) is 2.57. The number of hydrogen-bond acceptors (Lipinski definition) is 5. The fourth-order valence-electron chi connectivity index (χ4n) is 2.90. The number of halogens is 1. The first-order chi connectivity index (χ1) is 11.3. The lowest BCUT2D eigenvalue weighted by Crippen LogP contribution is -2.33. The largest absolute Gasteiger partial charge is 0.456 e. The molecule has 2 aliphatic heterocycles. The van der Waals surface area contributed by atoms with Crippen molar-refractivity contribution in [2.24, 2.45) is 0 Å². The standard InChI is InChI=1S/C17H16ClNO5/c1-10(20)23-14-15(22)17(2,11-6-3-4-7-12(11)18)24-16(14)19-9-5-8-13(19)21/h3-4,6-7H,5,8-9H2,1-2H3. The van der Waals surface area contributed by atoms with E-state index in [2.05, 4.69) is 0 Å². The summed E-state index contributed by atoms with van der Waals surface area (Å²) >= 11 is 6.21. The van der Waals surface area contributed by atoms with Gasteiger partial charge in [-0.25, -0.2) is 0 Å². The normalized spacial score (nSPS) is 23.7. The molecule has 0 N–H and O–H groups in total. The lowest BCUT2D eigenvalue weighted by atomic mass is 9.91. The number of nitrogens with zero attached hydrogens (tertiary/aromatic N) is 1. The molecule has 7 heteroatoms. The monoisotopic (exact) mass is 349 g/mol. The van der Waals surface area contributed by atoms with Gasteiger partial charge in [0.15, 0.2) is 0 Å². The summed E-state index contributed by atoms with van der Waals surface area (Å²) < 4.78 is 11.0. The fraction of sp³-hybridized carbons (Fsp3) is 0.353. The number of carbonyl (C=O) groups is 3. The number of carbonyl (C=O) groups excluding carboxylic acids is 3. The predicted octanol–water partition coefficient (Wildman–Crippen LogP) is 2.51. The van der Waals surface area contributed by atoms with E-state index in [1.165, 1.54) is 11.8 Å². The van der Waals surface area contributed by atoms with Gasteiger partial charge in [-0.2, -0.15) is 0 Å². The van der Waals surface area contributed by atoms with Gasteiger partial charge in [0.25, 0.3) is 5.78 Å². The number of ether oxygens (including phenoxy) is 2. The van der Waals surface area contributed by atoms with Gasteiger partial charge in [-0.15, -0.1) is 0 Å². The molecule has 1 atom stereocenters. The molecule has 6 nitrogen and oxygen atoms in total. The van der Waals surface area contributed by atoms with Gasteiger partial charge in [0.2, 0.25) is 23.2 Å². The molecular weight excluding hydrogens is 334 g/mol. The molecule has 2 heterocycles. The van der Waals surface area contributed by atoms with E-state index in [9.17, 15) is 14.4 Å². The number of Topliss-reactive ketones (excluding diaryl/α,β-unsaturated/α-hetero) is 1. The summed E-state index contributed by atoms with van der Waals surface area (Å²) in [6.45, 7) is 3.15. The molecule has 1 amide bonds. The van der Waals surface area contributed by atoms with Crippen LogP contribution in [0.25, 0.3) is 0 Å². The average Bonchev–Trinajstić information content (AvgIpc) is 3.04. The maximum atomic E-state index is 12.9. The van der Waals surface area contributed by atoms with E-state index in [1.54, 1.807) is 31.2 Å². The van der Waals surface area contributed by atoms with Crippen LogP contribution in [0.3, 0.4) is 0 Å². The Morgan fingerprint density at radius 2 is 2.04 bits per heavy atom. The van der Waals surface area contributed by atoms with Crippen LogP contribution in [0.15, 0.2) is 35.9 Å². The highest BCUT2D eigenvalue weighted by Gasteiger charge is 2.52. The second-order valence-corrected chi connectivity index (χ2v) is 6.23. The van der Waals surface area contributed by atoms with E-state index in [-0.39, 0.29) is 17.5 Å².